The molecule has 0 spiro atoms. The summed E-state index contributed by atoms with van der Waals surface area (Å²) in [7, 11) is 0. The van der Waals surface area contributed by atoms with Crippen LogP contribution in [0.3, 0.4) is 0 Å². The lowest BCUT2D eigenvalue weighted by Gasteiger charge is -2.38. The highest BCUT2D eigenvalue weighted by Gasteiger charge is 2.37. The van der Waals surface area contributed by atoms with E-state index < -0.39 is 12.1 Å². The monoisotopic (exact) mass is 348 g/mol. The first-order chi connectivity index (χ1) is 11.8. The number of aromatic hydroxyl groups is 1. The van der Waals surface area contributed by atoms with Crippen molar-refractivity contribution in [1.82, 2.24) is 0 Å². The van der Waals surface area contributed by atoms with Crippen molar-refractivity contribution >= 4 is 5.97 Å². The van der Waals surface area contributed by atoms with Crippen molar-refractivity contribution in [2.24, 2.45) is 5.92 Å². The van der Waals surface area contributed by atoms with E-state index in [0.717, 1.165) is 29.5 Å². The average molecular weight is 348 g/mol. The third-order valence-corrected chi connectivity index (χ3v) is 5.28. The van der Waals surface area contributed by atoms with E-state index in [1.807, 2.05) is 26.8 Å². The lowest BCUT2D eigenvalue weighted by atomic mass is 9.69. The van der Waals surface area contributed by atoms with Crippen molar-refractivity contribution < 1.29 is 25.2 Å². The molecule has 0 amide bonds. The Hall–Kier alpha value is -1.85. The lowest BCUT2D eigenvalue weighted by molar-refractivity contribution is 0.0692. The number of carboxylic acid groups (broad SMARTS) is 1. The van der Waals surface area contributed by atoms with Gasteiger partial charge in [-0.3, -0.25) is 0 Å². The lowest BCUT2D eigenvalue weighted by Crippen LogP contribution is -2.31. The van der Waals surface area contributed by atoms with E-state index in [1.165, 1.54) is 6.07 Å². The molecule has 0 fully saturated rings. The Balaban J connectivity index is 2.36. The molecule has 138 valence electrons. The number of benzene rings is 1. The maximum Gasteiger partial charge on any atom is 0.335 e. The number of hydrogen-bond acceptors (Lipinski definition) is 4. The van der Waals surface area contributed by atoms with Gasteiger partial charge in [-0.15, -0.1) is 0 Å². The van der Waals surface area contributed by atoms with Crippen molar-refractivity contribution in [3.05, 3.63) is 40.5 Å². The van der Waals surface area contributed by atoms with Crippen LogP contribution in [0, 0.1) is 5.92 Å². The summed E-state index contributed by atoms with van der Waals surface area (Å²) in [5.41, 5.74) is 2.47. The summed E-state index contributed by atoms with van der Waals surface area (Å²) in [6, 6.07) is 2.90. The molecule has 4 N–H and O–H groups in total. The van der Waals surface area contributed by atoms with Gasteiger partial charge in [0.2, 0.25) is 0 Å². The Bertz CT molecular complexity index is 664. The van der Waals surface area contributed by atoms with Gasteiger partial charge in [-0.1, -0.05) is 25.5 Å². The minimum Gasteiger partial charge on any atom is -0.508 e. The van der Waals surface area contributed by atoms with Crippen LogP contribution in [0.25, 0.3) is 0 Å². The Kier molecular flexibility index (Phi) is 6.25. The largest absolute Gasteiger partial charge is 0.508 e. The normalized spacial score (nSPS) is 24.7. The fourth-order valence-corrected chi connectivity index (χ4v) is 3.95. The molecule has 1 aromatic carbocycles. The number of carbonyl (C=O) groups is 1. The van der Waals surface area contributed by atoms with Crippen molar-refractivity contribution in [3.63, 3.8) is 0 Å². The molecule has 0 saturated carbocycles. The molecule has 5 heteroatoms. The Labute approximate surface area is 148 Å². The maximum absolute atomic E-state index is 11.4. The standard InChI is InChI=1S/C20H28O5/c1-11(10-21)5-4-6-12(2)18-15-8-14(20(24)25)9-17(23)19(15)13(3)7-16(18)22/h5,8-9,12-13,16,18,21-23H,4,6-7,10H2,1-3H3,(H,24,25). The van der Waals surface area contributed by atoms with E-state index in [1.54, 1.807) is 6.07 Å². The predicted octanol–water partition coefficient (Wildman–Crippen LogP) is 3.40. The van der Waals surface area contributed by atoms with Crippen LogP contribution in [0.5, 0.6) is 5.75 Å². The zero-order valence-corrected chi connectivity index (χ0v) is 15.1. The van der Waals surface area contributed by atoms with Gasteiger partial charge in [0.15, 0.2) is 0 Å². The van der Waals surface area contributed by atoms with Crippen LogP contribution in [-0.4, -0.2) is 39.1 Å². The molecule has 0 aliphatic heterocycles. The van der Waals surface area contributed by atoms with Crippen LogP contribution in [0.1, 0.15) is 73.4 Å². The molecule has 1 aromatic rings. The summed E-state index contributed by atoms with van der Waals surface area (Å²) in [5, 5.41) is 39.4. The Morgan fingerprint density at radius 3 is 2.68 bits per heavy atom. The Morgan fingerprint density at radius 1 is 1.40 bits per heavy atom. The third kappa shape index (κ3) is 4.22. The number of hydrogen-bond donors (Lipinski definition) is 4. The van der Waals surface area contributed by atoms with Crippen molar-refractivity contribution in [1.29, 1.82) is 0 Å². The summed E-state index contributed by atoms with van der Waals surface area (Å²) < 4.78 is 0. The number of allylic oxidation sites excluding steroid dienone is 1. The van der Waals surface area contributed by atoms with Gasteiger partial charge in [-0.2, -0.15) is 0 Å². The first kappa shape index (κ1) is 19.5. The number of aliphatic hydroxyl groups is 2. The van der Waals surface area contributed by atoms with Crippen LogP contribution in [-0.2, 0) is 0 Å². The van der Waals surface area contributed by atoms with Gasteiger partial charge in [0.25, 0.3) is 0 Å². The van der Waals surface area contributed by atoms with Crippen LogP contribution in [0.2, 0.25) is 0 Å². The molecule has 4 unspecified atom stereocenters. The molecule has 5 nitrogen and oxygen atoms in total. The first-order valence-corrected chi connectivity index (χ1v) is 8.80. The number of fused-ring (bicyclic) bond motifs is 1. The molecule has 1 aliphatic carbocycles. The first-order valence-electron chi connectivity index (χ1n) is 8.80. The molecule has 0 heterocycles. The van der Waals surface area contributed by atoms with E-state index in [9.17, 15) is 20.1 Å². The molecule has 25 heavy (non-hydrogen) atoms. The Morgan fingerprint density at radius 2 is 2.08 bits per heavy atom. The van der Waals surface area contributed by atoms with Crippen molar-refractivity contribution in [2.75, 3.05) is 6.61 Å². The quantitative estimate of drug-likeness (QED) is 0.591. The van der Waals surface area contributed by atoms with Gasteiger partial charge in [-0.05, 0) is 55.7 Å². The molecule has 0 aromatic heterocycles. The molecule has 0 radical (unpaired) electrons. The SMILES string of the molecule is CC(=CCCC(C)C1c2cc(C(=O)O)cc(O)c2C(C)CC1O)CO. The minimum absolute atomic E-state index is 0.00233. The highest BCUT2D eigenvalue weighted by atomic mass is 16.4. The highest BCUT2D eigenvalue weighted by molar-refractivity contribution is 5.88. The molecule has 4 atom stereocenters. The minimum atomic E-state index is -1.08. The summed E-state index contributed by atoms with van der Waals surface area (Å²) in [6.07, 6.45) is 3.56. The fourth-order valence-electron chi connectivity index (χ4n) is 3.95. The van der Waals surface area contributed by atoms with Crippen LogP contribution >= 0.6 is 0 Å². The van der Waals surface area contributed by atoms with E-state index in [-0.39, 0.29) is 35.7 Å². The van der Waals surface area contributed by atoms with E-state index >= 15 is 0 Å². The van der Waals surface area contributed by atoms with Gasteiger partial charge in [0.05, 0.1) is 18.3 Å². The van der Waals surface area contributed by atoms with E-state index in [0.29, 0.717) is 6.42 Å². The molecule has 0 bridgehead atoms. The van der Waals surface area contributed by atoms with Gasteiger partial charge in [0.1, 0.15) is 5.75 Å². The molecule has 2 rings (SSSR count). The van der Waals surface area contributed by atoms with Crippen LogP contribution < -0.4 is 0 Å². The van der Waals surface area contributed by atoms with Gasteiger partial charge >= 0.3 is 5.97 Å². The molecular weight excluding hydrogens is 320 g/mol. The number of phenolic OH excluding ortho intramolecular Hbond substituents is 1. The molecular formula is C20H28O5. The second kappa shape index (κ2) is 8.02. The summed E-state index contributed by atoms with van der Waals surface area (Å²) in [4.78, 5) is 11.4. The van der Waals surface area contributed by atoms with Gasteiger partial charge in [0, 0.05) is 11.5 Å². The topological polar surface area (TPSA) is 98.0 Å². The van der Waals surface area contributed by atoms with Gasteiger partial charge in [-0.25, -0.2) is 4.79 Å². The fraction of sp³-hybridized carbons (Fsp3) is 0.550. The number of aromatic carboxylic acids is 1. The van der Waals surface area contributed by atoms with E-state index in [4.69, 9.17) is 5.11 Å². The number of rotatable bonds is 6. The second-order valence-corrected chi connectivity index (χ2v) is 7.30. The summed E-state index contributed by atoms with van der Waals surface area (Å²) >= 11 is 0. The summed E-state index contributed by atoms with van der Waals surface area (Å²) in [5.74, 6) is -1.19. The number of phenols is 1. The average Bonchev–Trinajstić information content (AvgIpc) is 2.53. The zero-order valence-electron chi connectivity index (χ0n) is 15.1. The van der Waals surface area contributed by atoms with Crippen molar-refractivity contribution in [2.45, 2.75) is 58.0 Å². The highest BCUT2D eigenvalue weighted by Crippen LogP contribution is 2.47. The molecule has 1 aliphatic rings. The van der Waals surface area contributed by atoms with Gasteiger partial charge < -0.3 is 20.4 Å². The zero-order chi connectivity index (χ0) is 18.7. The third-order valence-electron chi connectivity index (χ3n) is 5.28. The smallest absolute Gasteiger partial charge is 0.335 e. The maximum atomic E-state index is 11.4. The van der Waals surface area contributed by atoms with Crippen LogP contribution in [0.15, 0.2) is 23.8 Å². The molecule has 0 saturated heterocycles. The number of carboxylic acids is 1. The second-order valence-electron chi connectivity index (χ2n) is 7.30. The predicted molar refractivity (Wildman–Crippen MR) is 96.1 cm³/mol. The van der Waals surface area contributed by atoms with E-state index in [2.05, 4.69) is 0 Å². The summed E-state index contributed by atoms with van der Waals surface area (Å²) in [6.45, 7) is 5.89. The van der Waals surface area contributed by atoms with Crippen molar-refractivity contribution in [3.8, 4) is 5.75 Å². The van der Waals surface area contributed by atoms with Crippen LogP contribution in [0.4, 0.5) is 0 Å². The number of aliphatic hydroxyl groups excluding tert-OH is 2.